The van der Waals surface area contributed by atoms with E-state index in [1.807, 2.05) is 36.4 Å². The van der Waals surface area contributed by atoms with Gasteiger partial charge >= 0.3 is 0 Å². The highest BCUT2D eigenvalue weighted by Gasteiger charge is 2.33. The van der Waals surface area contributed by atoms with Crippen molar-refractivity contribution in [1.82, 2.24) is 9.80 Å². The van der Waals surface area contributed by atoms with Gasteiger partial charge in [-0.05, 0) is 12.1 Å². The van der Waals surface area contributed by atoms with Crippen molar-refractivity contribution >= 4 is 17.6 Å². The largest absolute Gasteiger partial charge is 0.485 e. The SMILES string of the molecule is O=C(CCC(=O)N1CCN(C(=O)[C@@H]2COc3ccccc3O2)CC1)c1ccccc1. The van der Waals surface area contributed by atoms with Crippen molar-refractivity contribution in [3.8, 4) is 11.5 Å². The molecule has 2 amide bonds. The summed E-state index contributed by atoms with van der Waals surface area (Å²) in [5.41, 5.74) is 0.622. The number of piperazine rings is 1. The third-order valence-corrected chi connectivity index (χ3v) is 5.39. The number of para-hydroxylation sites is 2. The van der Waals surface area contributed by atoms with E-state index in [-0.39, 0.29) is 37.0 Å². The highest BCUT2D eigenvalue weighted by Crippen LogP contribution is 2.31. The maximum absolute atomic E-state index is 12.8. The third kappa shape index (κ3) is 4.45. The quantitative estimate of drug-likeness (QED) is 0.709. The van der Waals surface area contributed by atoms with Crippen LogP contribution in [-0.4, -0.2) is 66.3 Å². The number of hydrogen-bond acceptors (Lipinski definition) is 5. The van der Waals surface area contributed by atoms with Crippen molar-refractivity contribution in [2.75, 3.05) is 32.8 Å². The minimum absolute atomic E-state index is 0.0347. The Morgan fingerprint density at radius 2 is 1.43 bits per heavy atom. The fourth-order valence-corrected chi connectivity index (χ4v) is 3.67. The lowest BCUT2D eigenvalue weighted by molar-refractivity contribution is -0.146. The maximum Gasteiger partial charge on any atom is 0.267 e. The van der Waals surface area contributed by atoms with Gasteiger partial charge in [0.1, 0.15) is 6.61 Å². The third-order valence-electron chi connectivity index (χ3n) is 5.39. The van der Waals surface area contributed by atoms with Crippen molar-refractivity contribution in [2.45, 2.75) is 18.9 Å². The molecule has 0 aliphatic carbocycles. The molecular formula is C23H24N2O5. The highest BCUT2D eigenvalue weighted by atomic mass is 16.6. The first kappa shape index (κ1) is 19.9. The van der Waals surface area contributed by atoms with Crippen molar-refractivity contribution in [1.29, 1.82) is 0 Å². The van der Waals surface area contributed by atoms with E-state index < -0.39 is 6.10 Å². The molecule has 0 spiro atoms. The summed E-state index contributed by atoms with van der Waals surface area (Å²) in [7, 11) is 0. The van der Waals surface area contributed by atoms with E-state index in [4.69, 9.17) is 9.47 Å². The fraction of sp³-hybridized carbons (Fsp3) is 0.348. The first-order chi connectivity index (χ1) is 14.6. The number of rotatable bonds is 5. The molecule has 2 aliphatic rings. The lowest BCUT2D eigenvalue weighted by Crippen LogP contribution is -2.55. The van der Waals surface area contributed by atoms with E-state index in [1.165, 1.54) is 0 Å². The molecule has 0 saturated carbocycles. The van der Waals surface area contributed by atoms with Crippen molar-refractivity contribution in [3.63, 3.8) is 0 Å². The second-order valence-electron chi connectivity index (χ2n) is 7.36. The fourth-order valence-electron chi connectivity index (χ4n) is 3.67. The van der Waals surface area contributed by atoms with Crippen LogP contribution in [0.2, 0.25) is 0 Å². The van der Waals surface area contributed by atoms with Crippen molar-refractivity contribution < 1.29 is 23.9 Å². The summed E-state index contributed by atoms with van der Waals surface area (Å²) >= 11 is 0. The number of amides is 2. The van der Waals surface area contributed by atoms with Gasteiger partial charge in [0.05, 0.1) is 0 Å². The highest BCUT2D eigenvalue weighted by molar-refractivity contribution is 5.97. The number of ketones is 1. The number of fused-ring (bicyclic) bond motifs is 1. The van der Waals surface area contributed by atoms with Crippen LogP contribution in [0.15, 0.2) is 54.6 Å². The zero-order chi connectivity index (χ0) is 20.9. The van der Waals surface area contributed by atoms with Crippen molar-refractivity contribution in [3.05, 3.63) is 60.2 Å². The molecule has 0 N–H and O–H groups in total. The van der Waals surface area contributed by atoms with E-state index in [1.54, 1.807) is 28.0 Å². The average Bonchev–Trinajstić information content (AvgIpc) is 2.82. The van der Waals surface area contributed by atoms with E-state index in [9.17, 15) is 14.4 Å². The van der Waals surface area contributed by atoms with Crippen LogP contribution in [0.3, 0.4) is 0 Å². The molecule has 7 nitrogen and oxygen atoms in total. The number of benzene rings is 2. The summed E-state index contributed by atoms with van der Waals surface area (Å²) in [6.07, 6.45) is -0.308. The molecule has 0 radical (unpaired) electrons. The van der Waals surface area contributed by atoms with Gasteiger partial charge in [-0.25, -0.2) is 0 Å². The normalized spacial score (nSPS) is 18.1. The van der Waals surface area contributed by atoms with E-state index in [0.717, 1.165) is 0 Å². The molecular weight excluding hydrogens is 384 g/mol. The van der Waals surface area contributed by atoms with Crippen LogP contribution in [0.5, 0.6) is 11.5 Å². The number of hydrogen-bond donors (Lipinski definition) is 0. The summed E-state index contributed by atoms with van der Waals surface area (Å²) < 4.78 is 11.4. The topological polar surface area (TPSA) is 76.2 Å². The molecule has 2 heterocycles. The van der Waals surface area contributed by atoms with Gasteiger partial charge in [-0.15, -0.1) is 0 Å². The van der Waals surface area contributed by atoms with Gasteiger partial charge in [0, 0.05) is 44.6 Å². The van der Waals surface area contributed by atoms with Crippen LogP contribution in [0.1, 0.15) is 23.2 Å². The first-order valence-electron chi connectivity index (χ1n) is 10.1. The number of carbonyl (C=O) groups excluding carboxylic acids is 3. The van der Waals surface area contributed by atoms with Gasteiger partial charge in [-0.3, -0.25) is 14.4 Å². The monoisotopic (exact) mass is 408 g/mol. The standard InChI is InChI=1S/C23H24N2O5/c26-18(17-6-2-1-3-7-17)10-11-22(27)24-12-14-25(15-13-24)23(28)21-16-29-19-8-4-5-9-20(19)30-21/h1-9,21H,10-16H2/t21-/m0/s1. The molecule has 4 rings (SSSR count). The summed E-state index contributed by atoms with van der Waals surface area (Å²) in [5, 5.41) is 0. The smallest absolute Gasteiger partial charge is 0.267 e. The maximum atomic E-state index is 12.8. The van der Waals surface area contributed by atoms with Crippen molar-refractivity contribution in [2.24, 2.45) is 0 Å². The minimum Gasteiger partial charge on any atom is -0.485 e. The molecule has 2 aromatic carbocycles. The summed E-state index contributed by atoms with van der Waals surface area (Å²) in [6, 6.07) is 16.3. The molecule has 0 aromatic heterocycles. The zero-order valence-electron chi connectivity index (χ0n) is 16.7. The number of nitrogens with zero attached hydrogens (tertiary/aromatic N) is 2. The Bertz CT molecular complexity index is 922. The Kier molecular flexibility index (Phi) is 5.97. The lowest BCUT2D eigenvalue weighted by Gasteiger charge is -2.37. The summed E-state index contributed by atoms with van der Waals surface area (Å²) in [4.78, 5) is 40.9. The minimum atomic E-state index is -0.675. The molecule has 30 heavy (non-hydrogen) atoms. The summed E-state index contributed by atoms with van der Waals surface area (Å²) in [6.45, 7) is 1.97. The second-order valence-corrected chi connectivity index (χ2v) is 7.36. The van der Waals surface area contributed by atoms with Gasteiger partial charge in [-0.1, -0.05) is 42.5 Å². The summed E-state index contributed by atoms with van der Waals surface area (Å²) in [5.74, 6) is 0.988. The first-order valence-corrected chi connectivity index (χ1v) is 10.1. The predicted molar refractivity (Wildman–Crippen MR) is 110 cm³/mol. The van der Waals surface area contributed by atoms with Crippen LogP contribution < -0.4 is 9.47 Å². The molecule has 0 unspecified atom stereocenters. The molecule has 1 saturated heterocycles. The van der Waals surface area contributed by atoms with Crippen LogP contribution in [-0.2, 0) is 9.59 Å². The Labute approximate surface area is 175 Å². The molecule has 0 bridgehead atoms. The van der Waals surface area contributed by atoms with Gasteiger partial charge < -0.3 is 19.3 Å². The van der Waals surface area contributed by atoms with Crippen LogP contribution >= 0.6 is 0 Å². The molecule has 1 fully saturated rings. The van der Waals surface area contributed by atoms with Gasteiger partial charge in [0.2, 0.25) is 12.0 Å². The van der Waals surface area contributed by atoms with E-state index >= 15 is 0 Å². The molecule has 7 heteroatoms. The molecule has 2 aliphatic heterocycles. The van der Waals surface area contributed by atoms with Crippen LogP contribution in [0, 0.1) is 0 Å². The number of Topliss-reactive ketones (excluding diaryl/α,β-unsaturated/α-hetero) is 1. The van der Waals surface area contributed by atoms with Gasteiger partial charge in [-0.2, -0.15) is 0 Å². The Morgan fingerprint density at radius 3 is 2.17 bits per heavy atom. The molecule has 2 aromatic rings. The van der Waals surface area contributed by atoms with Gasteiger partial charge in [0.15, 0.2) is 17.3 Å². The Balaban J connectivity index is 1.24. The predicted octanol–water partition coefficient (Wildman–Crippen LogP) is 2.16. The van der Waals surface area contributed by atoms with Crippen LogP contribution in [0.25, 0.3) is 0 Å². The zero-order valence-corrected chi connectivity index (χ0v) is 16.7. The Hall–Kier alpha value is -3.35. The Morgan fingerprint density at radius 1 is 0.800 bits per heavy atom. The van der Waals surface area contributed by atoms with E-state index in [0.29, 0.717) is 43.2 Å². The molecule has 156 valence electrons. The second kappa shape index (κ2) is 8.98. The number of ether oxygens (including phenoxy) is 2. The molecule has 1 atom stereocenters. The van der Waals surface area contributed by atoms with E-state index in [2.05, 4.69) is 0 Å². The lowest BCUT2D eigenvalue weighted by atomic mass is 10.1. The number of carbonyl (C=O) groups is 3. The van der Waals surface area contributed by atoms with Gasteiger partial charge in [0.25, 0.3) is 5.91 Å². The average molecular weight is 408 g/mol. The van der Waals surface area contributed by atoms with Crippen LogP contribution in [0.4, 0.5) is 0 Å².